The zero-order chi connectivity index (χ0) is 13.6. The van der Waals surface area contributed by atoms with Crippen LogP contribution in [0.3, 0.4) is 0 Å². The van der Waals surface area contributed by atoms with Crippen LogP contribution in [-0.4, -0.2) is 18.4 Å². The fourth-order valence-electron chi connectivity index (χ4n) is 4.51. The lowest BCUT2D eigenvalue weighted by molar-refractivity contribution is 0.388. The van der Waals surface area contributed by atoms with Gasteiger partial charge >= 0.3 is 0 Å². The van der Waals surface area contributed by atoms with Crippen LogP contribution >= 0.6 is 0 Å². The molecule has 0 radical (unpaired) electrons. The normalized spacial score (nSPS) is 36.0. The molecule has 1 N–H and O–H groups in total. The fraction of sp³-hybridized carbons (Fsp3) is 0.944. The summed E-state index contributed by atoms with van der Waals surface area (Å²) in [5.74, 6) is 3.34. The molecule has 1 aliphatic heterocycles. The highest BCUT2D eigenvalue weighted by Crippen LogP contribution is 2.44. The van der Waals surface area contributed by atoms with Crippen molar-refractivity contribution in [2.24, 2.45) is 16.8 Å². The Bertz CT molecular complexity index is 323. The number of nitrogens with one attached hydrogen (secondary N) is 1. The maximum atomic E-state index is 4.91. The van der Waals surface area contributed by atoms with Gasteiger partial charge in [-0.3, -0.25) is 4.99 Å². The smallest absolute Gasteiger partial charge is 0.0965 e. The number of hydrogen-bond donors (Lipinski definition) is 1. The number of hydrogen-bond acceptors (Lipinski definition) is 2. The van der Waals surface area contributed by atoms with Crippen molar-refractivity contribution in [1.82, 2.24) is 5.32 Å². The van der Waals surface area contributed by atoms with E-state index in [0.29, 0.717) is 0 Å². The highest BCUT2D eigenvalue weighted by molar-refractivity contribution is 5.82. The Labute approximate surface area is 124 Å². The molecule has 3 atom stereocenters. The van der Waals surface area contributed by atoms with Crippen LogP contribution in [0.1, 0.15) is 83.5 Å². The SMILES string of the molecule is C1CCCCCC(NC2CC3CCC2C3)=NCCCC1. The first kappa shape index (κ1) is 14.4. The molecule has 1 heterocycles. The molecular weight excluding hydrogens is 244 g/mol. The molecule has 2 fully saturated rings. The molecule has 2 aliphatic carbocycles. The van der Waals surface area contributed by atoms with Gasteiger partial charge in [-0.1, -0.05) is 44.9 Å². The van der Waals surface area contributed by atoms with Crippen molar-refractivity contribution in [1.29, 1.82) is 0 Å². The molecule has 0 aromatic heterocycles. The Morgan fingerprint density at radius 3 is 2.25 bits per heavy atom. The first-order valence-electron chi connectivity index (χ1n) is 9.21. The van der Waals surface area contributed by atoms with Gasteiger partial charge < -0.3 is 5.32 Å². The number of nitrogens with zero attached hydrogens (tertiary/aromatic N) is 1. The molecule has 0 saturated heterocycles. The molecule has 0 aromatic carbocycles. The quantitative estimate of drug-likeness (QED) is 0.738. The molecule has 3 aliphatic rings. The third kappa shape index (κ3) is 3.99. The Balaban J connectivity index is 1.51. The van der Waals surface area contributed by atoms with E-state index >= 15 is 0 Å². The van der Waals surface area contributed by atoms with Gasteiger partial charge in [0, 0.05) is 19.0 Å². The van der Waals surface area contributed by atoms with E-state index in [1.807, 2.05) is 0 Å². The van der Waals surface area contributed by atoms with Crippen LogP contribution in [0.25, 0.3) is 0 Å². The maximum Gasteiger partial charge on any atom is 0.0965 e. The average Bonchev–Trinajstić information content (AvgIpc) is 3.04. The summed E-state index contributed by atoms with van der Waals surface area (Å²) in [5.41, 5.74) is 0. The minimum absolute atomic E-state index is 0.764. The molecule has 20 heavy (non-hydrogen) atoms. The van der Waals surface area contributed by atoms with E-state index in [1.54, 1.807) is 0 Å². The van der Waals surface area contributed by atoms with E-state index < -0.39 is 0 Å². The number of rotatable bonds is 1. The van der Waals surface area contributed by atoms with Crippen LogP contribution in [0.4, 0.5) is 0 Å². The summed E-state index contributed by atoms with van der Waals surface area (Å²) in [5, 5.41) is 3.85. The molecule has 3 unspecified atom stereocenters. The Morgan fingerprint density at radius 1 is 0.800 bits per heavy atom. The number of aliphatic imine (C=N–C) groups is 1. The minimum Gasteiger partial charge on any atom is -0.371 e. The zero-order valence-corrected chi connectivity index (χ0v) is 13.1. The maximum absolute atomic E-state index is 4.91. The van der Waals surface area contributed by atoms with Gasteiger partial charge in [-0.05, 0) is 43.9 Å². The molecule has 2 bridgehead atoms. The molecule has 0 aromatic rings. The van der Waals surface area contributed by atoms with Crippen molar-refractivity contribution >= 4 is 5.84 Å². The van der Waals surface area contributed by atoms with E-state index in [1.165, 1.54) is 89.3 Å². The summed E-state index contributed by atoms with van der Waals surface area (Å²) in [6, 6.07) is 0.764. The third-order valence-electron chi connectivity index (χ3n) is 5.71. The van der Waals surface area contributed by atoms with E-state index in [9.17, 15) is 0 Å². The predicted molar refractivity (Wildman–Crippen MR) is 86.2 cm³/mol. The summed E-state index contributed by atoms with van der Waals surface area (Å²) in [7, 11) is 0. The van der Waals surface area contributed by atoms with Gasteiger partial charge in [-0.25, -0.2) is 0 Å². The largest absolute Gasteiger partial charge is 0.371 e. The van der Waals surface area contributed by atoms with Gasteiger partial charge in [0.2, 0.25) is 0 Å². The van der Waals surface area contributed by atoms with Crippen molar-refractivity contribution < 1.29 is 0 Å². The van der Waals surface area contributed by atoms with E-state index in [-0.39, 0.29) is 0 Å². The summed E-state index contributed by atoms with van der Waals surface area (Å²) in [6.07, 6.45) is 18.2. The van der Waals surface area contributed by atoms with Crippen LogP contribution in [0.15, 0.2) is 4.99 Å². The topological polar surface area (TPSA) is 24.4 Å². The van der Waals surface area contributed by atoms with E-state index in [0.717, 1.165) is 24.4 Å². The lowest BCUT2D eigenvalue weighted by Crippen LogP contribution is -2.38. The second-order valence-corrected chi connectivity index (χ2v) is 7.33. The first-order chi connectivity index (χ1) is 9.92. The van der Waals surface area contributed by atoms with Gasteiger partial charge in [-0.15, -0.1) is 0 Å². The van der Waals surface area contributed by atoms with Crippen LogP contribution in [0.5, 0.6) is 0 Å². The van der Waals surface area contributed by atoms with Crippen molar-refractivity contribution in [2.45, 2.75) is 89.5 Å². The Morgan fingerprint density at radius 2 is 1.55 bits per heavy atom. The molecule has 0 spiro atoms. The van der Waals surface area contributed by atoms with Gasteiger partial charge in [0.15, 0.2) is 0 Å². The Kier molecular flexibility index (Phi) is 5.38. The lowest BCUT2D eigenvalue weighted by atomic mass is 9.95. The minimum atomic E-state index is 0.764. The third-order valence-corrected chi connectivity index (χ3v) is 5.71. The molecule has 2 heteroatoms. The fourth-order valence-corrected chi connectivity index (χ4v) is 4.51. The highest BCUT2D eigenvalue weighted by Gasteiger charge is 2.39. The molecule has 3 rings (SSSR count). The molecule has 0 amide bonds. The predicted octanol–water partition coefficient (Wildman–Crippen LogP) is 4.69. The summed E-state index contributed by atoms with van der Waals surface area (Å²) in [6.45, 7) is 1.06. The van der Waals surface area contributed by atoms with Crippen molar-refractivity contribution in [3.05, 3.63) is 0 Å². The second-order valence-electron chi connectivity index (χ2n) is 7.33. The van der Waals surface area contributed by atoms with Gasteiger partial charge in [0.25, 0.3) is 0 Å². The Hall–Kier alpha value is -0.530. The highest BCUT2D eigenvalue weighted by atomic mass is 15.0. The first-order valence-corrected chi connectivity index (χ1v) is 9.21. The molecule has 114 valence electrons. The van der Waals surface area contributed by atoms with Crippen LogP contribution in [0, 0.1) is 11.8 Å². The summed E-state index contributed by atoms with van der Waals surface area (Å²) < 4.78 is 0. The monoisotopic (exact) mass is 276 g/mol. The average molecular weight is 276 g/mol. The van der Waals surface area contributed by atoms with Crippen molar-refractivity contribution in [2.75, 3.05) is 6.54 Å². The second kappa shape index (κ2) is 7.47. The molecule has 2 saturated carbocycles. The van der Waals surface area contributed by atoms with E-state index in [4.69, 9.17) is 4.99 Å². The van der Waals surface area contributed by atoms with Crippen molar-refractivity contribution in [3.8, 4) is 0 Å². The van der Waals surface area contributed by atoms with Gasteiger partial charge in [0.1, 0.15) is 0 Å². The number of fused-ring (bicyclic) bond motifs is 2. The summed E-state index contributed by atoms with van der Waals surface area (Å²) in [4.78, 5) is 4.91. The van der Waals surface area contributed by atoms with Crippen LogP contribution < -0.4 is 5.32 Å². The standard InChI is InChI=1S/C18H32N2/c1-2-4-6-8-12-19-18(9-7-5-3-1)20-17-14-15-10-11-16(17)13-15/h15-17H,1-14H2,(H,19,20). The summed E-state index contributed by atoms with van der Waals surface area (Å²) >= 11 is 0. The van der Waals surface area contributed by atoms with Crippen molar-refractivity contribution in [3.63, 3.8) is 0 Å². The van der Waals surface area contributed by atoms with Gasteiger partial charge in [0.05, 0.1) is 5.84 Å². The molecular formula is C18H32N2. The van der Waals surface area contributed by atoms with E-state index in [2.05, 4.69) is 5.32 Å². The lowest BCUT2D eigenvalue weighted by Gasteiger charge is -2.25. The molecule has 2 nitrogen and oxygen atoms in total. The number of amidine groups is 1. The van der Waals surface area contributed by atoms with Gasteiger partial charge in [-0.2, -0.15) is 0 Å². The van der Waals surface area contributed by atoms with Crippen LogP contribution in [0.2, 0.25) is 0 Å². The van der Waals surface area contributed by atoms with Crippen LogP contribution in [-0.2, 0) is 0 Å². The zero-order valence-electron chi connectivity index (χ0n) is 13.1.